The molecule has 2 saturated carbocycles. The number of rotatable bonds is 5. The molecular weight excluding hydrogens is 290 g/mol. The number of nitrogens with zero attached hydrogens (tertiary/aromatic N) is 1. The summed E-state index contributed by atoms with van der Waals surface area (Å²) in [7, 11) is -0.883. The fourth-order valence-corrected chi connectivity index (χ4v) is 5.59. The molecule has 3 fully saturated rings. The largest absolute Gasteiger partial charge is 0.368 e. The normalized spacial score (nSPS) is 39.0. The highest BCUT2D eigenvalue weighted by molar-refractivity contribution is 7.91. The fourth-order valence-electron chi connectivity index (χ4n) is 3.81. The van der Waals surface area contributed by atoms with Gasteiger partial charge in [0.25, 0.3) is 0 Å². The van der Waals surface area contributed by atoms with Gasteiger partial charge in [-0.1, -0.05) is 0 Å². The first-order valence-electron chi connectivity index (χ1n) is 7.81. The van der Waals surface area contributed by atoms with Crippen LogP contribution in [0, 0.1) is 0 Å². The van der Waals surface area contributed by atoms with Crippen molar-refractivity contribution in [1.82, 2.24) is 10.2 Å². The molecule has 3 rings (SSSR count). The minimum Gasteiger partial charge on any atom is -0.368 e. The molecule has 3 aliphatic rings. The van der Waals surface area contributed by atoms with Gasteiger partial charge < -0.3 is 11.1 Å². The first kappa shape index (κ1) is 15.2. The maximum atomic E-state index is 11.9. The molecule has 120 valence electrons. The number of hydrogen-bond donors (Lipinski definition) is 2. The number of primary amides is 1. The average molecular weight is 315 g/mol. The zero-order valence-corrected chi connectivity index (χ0v) is 13.4. The van der Waals surface area contributed by atoms with Crippen molar-refractivity contribution in [1.29, 1.82) is 0 Å². The molecule has 3 atom stereocenters. The van der Waals surface area contributed by atoms with E-state index in [9.17, 15) is 13.2 Å². The Morgan fingerprint density at radius 2 is 1.95 bits per heavy atom. The van der Waals surface area contributed by atoms with E-state index in [4.69, 9.17) is 5.73 Å². The molecule has 1 aliphatic heterocycles. The molecule has 21 heavy (non-hydrogen) atoms. The van der Waals surface area contributed by atoms with Crippen LogP contribution >= 0.6 is 0 Å². The van der Waals surface area contributed by atoms with E-state index in [2.05, 4.69) is 10.2 Å². The topological polar surface area (TPSA) is 92.5 Å². The maximum Gasteiger partial charge on any atom is 0.237 e. The third kappa shape index (κ3) is 3.10. The van der Waals surface area contributed by atoms with Crippen molar-refractivity contribution in [2.45, 2.75) is 62.2 Å². The summed E-state index contributed by atoms with van der Waals surface area (Å²) in [6.07, 6.45) is 5.30. The predicted molar refractivity (Wildman–Crippen MR) is 80.5 cm³/mol. The van der Waals surface area contributed by atoms with Crippen molar-refractivity contribution in [2.24, 2.45) is 5.73 Å². The highest BCUT2D eigenvalue weighted by Gasteiger charge is 2.48. The second-order valence-electron chi connectivity index (χ2n) is 6.98. The minimum atomic E-state index is -2.87. The molecule has 0 bridgehead atoms. The lowest BCUT2D eigenvalue weighted by molar-refractivity contribution is -0.124. The van der Waals surface area contributed by atoms with E-state index in [1.807, 2.05) is 7.05 Å². The number of carbonyl (C=O) groups excluding carboxylic acids is 1. The molecular formula is C14H25N3O3S. The summed E-state index contributed by atoms with van der Waals surface area (Å²) >= 11 is 0. The van der Waals surface area contributed by atoms with Gasteiger partial charge in [-0.2, -0.15) is 0 Å². The summed E-state index contributed by atoms with van der Waals surface area (Å²) in [5, 5.41) is 3.44. The molecule has 6 nitrogen and oxygen atoms in total. The Kier molecular flexibility index (Phi) is 3.78. The van der Waals surface area contributed by atoms with Crippen molar-refractivity contribution < 1.29 is 13.2 Å². The van der Waals surface area contributed by atoms with Crippen molar-refractivity contribution in [3.05, 3.63) is 0 Å². The molecule has 7 heteroatoms. The second-order valence-corrected chi connectivity index (χ2v) is 9.21. The summed E-state index contributed by atoms with van der Waals surface area (Å²) < 4.78 is 23.3. The molecule has 0 radical (unpaired) electrons. The van der Waals surface area contributed by atoms with Crippen LogP contribution in [0.2, 0.25) is 0 Å². The van der Waals surface area contributed by atoms with E-state index in [1.54, 1.807) is 0 Å². The molecule has 0 aromatic rings. The van der Waals surface area contributed by atoms with Crippen LogP contribution in [0.25, 0.3) is 0 Å². The van der Waals surface area contributed by atoms with E-state index in [0.29, 0.717) is 18.9 Å². The lowest BCUT2D eigenvalue weighted by Gasteiger charge is -2.32. The Morgan fingerprint density at radius 1 is 1.24 bits per heavy atom. The van der Waals surface area contributed by atoms with Gasteiger partial charge in [0.15, 0.2) is 9.84 Å². The summed E-state index contributed by atoms with van der Waals surface area (Å²) in [5.74, 6) is 0.277. The number of hydrogen-bond acceptors (Lipinski definition) is 5. The van der Waals surface area contributed by atoms with Crippen LogP contribution in [0.4, 0.5) is 0 Å². The number of amides is 1. The summed E-state index contributed by atoms with van der Waals surface area (Å²) in [5.41, 5.74) is 5.07. The molecule has 3 N–H and O–H groups in total. The van der Waals surface area contributed by atoms with Gasteiger partial charge in [-0.25, -0.2) is 8.42 Å². The van der Waals surface area contributed by atoms with E-state index >= 15 is 0 Å². The molecule has 0 aromatic heterocycles. The quantitative estimate of drug-likeness (QED) is 0.722. The van der Waals surface area contributed by atoms with E-state index in [1.165, 1.54) is 0 Å². The SMILES string of the molecule is CN(C1CCC(NC2CC2)(C(N)=O)C1)C1CCS(=O)(=O)C1. The van der Waals surface area contributed by atoms with Gasteiger partial charge in [-0.3, -0.25) is 9.69 Å². The van der Waals surface area contributed by atoms with Crippen LogP contribution < -0.4 is 11.1 Å². The molecule has 3 unspecified atom stereocenters. The Morgan fingerprint density at radius 3 is 2.48 bits per heavy atom. The van der Waals surface area contributed by atoms with E-state index in [-0.39, 0.29) is 29.5 Å². The Labute approximate surface area is 126 Å². The number of carbonyl (C=O) groups is 1. The highest BCUT2D eigenvalue weighted by Crippen LogP contribution is 2.37. The van der Waals surface area contributed by atoms with Gasteiger partial charge in [0.2, 0.25) is 5.91 Å². The number of nitrogens with one attached hydrogen (secondary N) is 1. The molecule has 1 heterocycles. The third-order valence-corrected chi connectivity index (χ3v) is 7.13. The standard InChI is InChI=1S/C14H25N3O3S/c1-17(12-5-7-21(19,20)9-12)11-4-6-14(8-11,13(15)18)16-10-2-3-10/h10-12,16H,2-9H2,1H3,(H2,15,18). The van der Waals surface area contributed by atoms with Crippen LogP contribution in [-0.4, -0.2) is 61.4 Å². The Balaban J connectivity index is 1.66. The molecule has 0 aromatic carbocycles. The van der Waals surface area contributed by atoms with Gasteiger partial charge in [0.1, 0.15) is 0 Å². The maximum absolute atomic E-state index is 11.9. The second kappa shape index (κ2) is 5.21. The van der Waals surface area contributed by atoms with Gasteiger partial charge in [0.05, 0.1) is 17.0 Å². The van der Waals surface area contributed by atoms with Crippen LogP contribution in [0.15, 0.2) is 0 Å². The lowest BCUT2D eigenvalue weighted by atomic mass is 9.95. The number of sulfone groups is 1. The first-order chi connectivity index (χ1) is 9.81. The minimum absolute atomic E-state index is 0.0876. The molecule has 1 saturated heterocycles. The van der Waals surface area contributed by atoms with Crippen molar-refractivity contribution in [2.75, 3.05) is 18.6 Å². The lowest BCUT2D eigenvalue weighted by Crippen LogP contribution is -2.55. The number of nitrogens with two attached hydrogens (primary N) is 1. The van der Waals surface area contributed by atoms with Gasteiger partial charge in [-0.15, -0.1) is 0 Å². The molecule has 0 spiro atoms. The monoisotopic (exact) mass is 315 g/mol. The fraction of sp³-hybridized carbons (Fsp3) is 0.929. The van der Waals surface area contributed by atoms with Crippen LogP contribution in [0.1, 0.15) is 38.5 Å². The van der Waals surface area contributed by atoms with E-state index < -0.39 is 15.4 Å². The van der Waals surface area contributed by atoms with Gasteiger partial charge in [0, 0.05) is 18.1 Å². The zero-order chi connectivity index (χ0) is 15.3. The third-order valence-electron chi connectivity index (χ3n) is 5.38. The van der Waals surface area contributed by atoms with Crippen molar-refractivity contribution in [3.8, 4) is 0 Å². The first-order valence-corrected chi connectivity index (χ1v) is 9.63. The van der Waals surface area contributed by atoms with E-state index in [0.717, 1.165) is 25.7 Å². The zero-order valence-electron chi connectivity index (χ0n) is 12.5. The van der Waals surface area contributed by atoms with Crippen LogP contribution in [-0.2, 0) is 14.6 Å². The van der Waals surface area contributed by atoms with Crippen LogP contribution in [0.3, 0.4) is 0 Å². The Bertz CT molecular complexity index is 532. The average Bonchev–Trinajstić information content (AvgIpc) is 2.97. The molecule has 1 amide bonds. The summed E-state index contributed by atoms with van der Waals surface area (Å²) in [6.45, 7) is 0. The van der Waals surface area contributed by atoms with Gasteiger partial charge in [-0.05, 0) is 45.6 Å². The Hall–Kier alpha value is -0.660. The van der Waals surface area contributed by atoms with Gasteiger partial charge >= 0.3 is 0 Å². The summed E-state index contributed by atoms with van der Waals surface area (Å²) in [6, 6.07) is 0.764. The summed E-state index contributed by atoms with van der Waals surface area (Å²) in [4.78, 5) is 14.1. The highest BCUT2D eigenvalue weighted by atomic mass is 32.2. The smallest absolute Gasteiger partial charge is 0.237 e. The predicted octanol–water partition coefficient (Wildman–Crippen LogP) is -0.366. The molecule has 2 aliphatic carbocycles. The van der Waals surface area contributed by atoms with Crippen molar-refractivity contribution >= 4 is 15.7 Å². The van der Waals surface area contributed by atoms with Crippen LogP contribution in [0.5, 0.6) is 0 Å². The van der Waals surface area contributed by atoms with Crippen molar-refractivity contribution in [3.63, 3.8) is 0 Å².